The van der Waals surface area contributed by atoms with E-state index >= 15 is 0 Å². The Morgan fingerprint density at radius 2 is 1.95 bits per heavy atom. The van der Waals surface area contributed by atoms with Gasteiger partial charge in [0.2, 0.25) is 0 Å². The fraction of sp³-hybridized carbons (Fsp3) is 0.562. The summed E-state index contributed by atoms with van der Waals surface area (Å²) in [6, 6.07) is 4.90. The molecule has 0 aliphatic carbocycles. The van der Waals surface area contributed by atoms with E-state index in [0.29, 0.717) is 12.1 Å². The van der Waals surface area contributed by atoms with Crippen molar-refractivity contribution in [3.63, 3.8) is 0 Å². The van der Waals surface area contributed by atoms with E-state index in [-0.39, 0.29) is 17.6 Å². The van der Waals surface area contributed by atoms with Gasteiger partial charge in [-0.2, -0.15) is 13.2 Å². The molecule has 0 bridgehead atoms. The van der Waals surface area contributed by atoms with Crippen LogP contribution < -0.4 is 5.32 Å². The molecule has 1 aliphatic heterocycles. The molecule has 116 valence electrons. The molecular weight excluding hydrogens is 279 g/mol. The Morgan fingerprint density at radius 1 is 1.29 bits per heavy atom. The molecule has 0 saturated carbocycles. The molecule has 0 amide bonds. The first-order valence-corrected chi connectivity index (χ1v) is 7.27. The maximum atomic E-state index is 12.5. The van der Waals surface area contributed by atoms with Gasteiger partial charge in [-0.1, -0.05) is 25.5 Å². The summed E-state index contributed by atoms with van der Waals surface area (Å²) in [6.07, 6.45) is -1.54. The van der Waals surface area contributed by atoms with Crippen LogP contribution in [-0.4, -0.2) is 18.9 Å². The molecule has 1 N–H and O–H groups in total. The quantitative estimate of drug-likeness (QED) is 0.900. The van der Waals surface area contributed by atoms with Gasteiger partial charge in [-0.15, -0.1) is 0 Å². The number of nitrogens with one attached hydrogen (secondary N) is 1. The highest BCUT2D eigenvalue weighted by Gasteiger charge is 2.39. The van der Waals surface area contributed by atoms with Gasteiger partial charge in [0.15, 0.2) is 0 Å². The van der Waals surface area contributed by atoms with Gasteiger partial charge >= 0.3 is 6.18 Å². The van der Waals surface area contributed by atoms with Crippen molar-refractivity contribution in [2.75, 3.05) is 13.1 Å². The molecule has 1 heterocycles. The summed E-state index contributed by atoms with van der Waals surface area (Å²) in [7, 11) is 0. The molecule has 2 nitrogen and oxygen atoms in total. The van der Waals surface area contributed by atoms with Crippen molar-refractivity contribution >= 4 is 5.78 Å². The SMILES string of the molecule is CCCC1(C(=O)Cc2ccc(C(F)(F)F)cc2)CCNC1. The third-order valence-corrected chi connectivity index (χ3v) is 4.21. The molecular formula is C16H20F3NO. The predicted octanol–water partition coefficient (Wildman–Crippen LogP) is 3.60. The second-order valence-electron chi connectivity index (χ2n) is 5.75. The van der Waals surface area contributed by atoms with Crippen LogP contribution in [0.15, 0.2) is 24.3 Å². The molecule has 0 aromatic heterocycles. The van der Waals surface area contributed by atoms with E-state index in [2.05, 4.69) is 5.32 Å². The number of carbonyl (C=O) groups is 1. The number of Topliss-reactive ketones (excluding diaryl/α,β-unsaturated/α-hetero) is 1. The maximum absolute atomic E-state index is 12.5. The number of ketones is 1. The van der Waals surface area contributed by atoms with Gasteiger partial charge in [-0.05, 0) is 37.1 Å². The third-order valence-electron chi connectivity index (χ3n) is 4.21. The monoisotopic (exact) mass is 299 g/mol. The molecule has 21 heavy (non-hydrogen) atoms. The van der Waals surface area contributed by atoms with Crippen molar-refractivity contribution in [1.29, 1.82) is 0 Å². The van der Waals surface area contributed by atoms with E-state index in [1.165, 1.54) is 12.1 Å². The number of benzene rings is 1. The van der Waals surface area contributed by atoms with Crippen molar-refractivity contribution in [3.8, 4) is 0 Å². The standard InChI is InChI=1S/C16H20F3NO/c1-2-7-15(8-9-20-11-15)14(21)10-12-3-5-13(6-4-12)16(17,18)19/h3-6,20H,2,7-11H2,1H3. The Balaban J connectivity index is 2.08. The van der Waals surface area contributed by atoms with E-state index in [1.807, 2.05) is 6.92 Å². The Bertz CT molecular complexity index is 487. The average Bonchev–Trinajstić information content (AvgIpc) is 2.89. The molecule has 1 aromatic carbocycles. The van der Waals surface area contributed by atoms with Crippen LogP contribution in [0.1, 0.15) is 37.3 Å². The molecule has 0 spiro atoms. The van der Waals surface area contributed by atoms with E-state index < -0.39 is 11.7 Å². The van der Waals surface area contributed by atoms with E-state index in [1.54, 1.807) is 0 Å². The van der Waals surface area contributed by atoms with Gasteiger partial charge in [0.25, 0.3) is 0 Å². The van der Waals surface area contributed by atoms with Crippen LogP contribution in [0.3, 0.4) is 0 Å². The lowest BCUT2D eigenvalue weighted by molar-refractivity contribution is -0.137. The Morgan fingerprint density at radius 3 is 2.43 bits per heavy atom. The number of carbonyl (C=O) groups excluding carboxylic acids is 1. The normalized spacial score (nSPS) is 22.5. The van der Waals surface area contributed by atoms with Crippen LogP contribution in [0, 0.1) is 5.41 Å². The summed E-state index contributed by atoms with van der Waals surface area (Å²) < 4.78 is 37.5. The molecule has 1 saturated heterocycles. The van der Waals surface area contributed by atoms with Gasteiger partial charge in [0.05, 0.1) is 5.56 Å². The molecule has 2 rings (SSSR count). The van der Waals surface area contributed by atoms with Gasteiger partial charge in [0.1, 0.15) is 5.78 Å². The summed E-state index contributed by atoms with van der Waals surface area (Å²) in [6.45, 7) is 3.56. The fourth-order valence-corrected chi connectivity index (χ4v) is 3.00. The van der Waals surface area contributed by atoms with E-state index in [0.717, 1.165) is 37.9 Å². The van der Waals surface area contributed by atoms with Crippen molar-refractivity contribution in [2.24, 2.45) is 5.41 Å². The average molecular weight is 299 g/mol. The molecule has 1 aliphatic rings. The zero-order valence-electron chi connectivity index (χ0n) is 12.1. The number of halogens is 3. The van der Waals surface area contributed by atoms with Gasteiger partial charge in [0, 0.05) is 18.4 Å². The van der Waals surface area contributed by atoms with Crippen LogP contribution in [0.2, 0.25) is 0 Å². The minimum Gasteiger partial charge on any atom is -0.316 e. The Kier molecular flexibility index (Phi) is 4.71. The zero-order chi connectivity index (χ0) is 15.5. The van der Waals surface area contributed by atoms with Crippen LogP contribution in [0.4, 0.5) is 13.2 Å². The van der Waals surface area contributed by atoms with Crippen LogP contribution in [-0.2, 0) is 17.4 Å². The van der Waals surface area contributed by atoms with Gasteiger partial charge in [-0.25, -0.2) is 0 Å². The third kappa shape index (κ3) is 3.64. The Hall–Kier alpha value is -1.36. The largest absolute Gasteiger partial charge is 0.416 e. The van der Waals surface area contributed by atoms with Crippen LogP contribution >= 0.6 is 0 Å². The lowest BCUT2D eigenvalue weighted by Crippen LogP contribution is -2.34. The summed E-state index contributed by atoms with van der Waals surface area (Å²) >= 11 is 0. The second kappa shape index (κ2) is 6.18. The fourth-order valence-electron chi connectivity index (χ4n) is 3.00. The van der Waals surface area contributed by atoms with Crippen LogP contribution in [0.25, 0.3) is 0 Å². The number of alkyl halides is 3. The van der Waals surface area contributed by atoms with Crippen molar-refractivity contribution in [1.82, 2.24) is 5.32 Å². The molecule has 1 aromatic rings. The minimum atomic E-state index is -4.33. The zero-order valence-corrected chi connectivity index (χ0v) is 12.1. The van der Waals surface area contributed by atoms with Crippen LogP contribution in [0.5, 0.6) is 0 Å². The predicted molar refractivity (Wildman–Crippen MR) is 75.0 cm³/mol. The second-order valence-corrected chi connectivity index (χ2v) is 5.75. The van der Waals surface area contributed by atoms with E-state index in [4.69, 9.17) is 0 Å². The first kappa shape index (κ1) is 16.0. The lowest BCUT2D eigenvalue weighted by Gasteiger charge is -2.26. The molecule has 1 atom stereocenters. The topological polar surface area (TPSA) is 29.1 Å². The summed E-state index contributed by atoms with van der Waals surface area (Å²) in [5.74, 6) is 0.133. The number of hydrogen-bond donors (Lipinski definition) is 1. The molecule has 1 fully saturated rings. The highest BCUT2D eigenvalue weighted by atomic mass is 19.4. The number of hydrogen-bond acceptors (Lipinski definition) is 2. The van der Waals surface area contributed by atoms with Crippen molar-refractivity contribution in [2.45, 2.75) is 38.8 Å². The minimum absolute atomic E-state index is 0.133. The molecule has 1 unspecified atom stereocenters. The number of rotatable bonds is 5. The summed E-state index contributed by atoms with van der Waals surface area (Å²) in [5.41, 5.74) is -0.364. The smallest absolute Gasteiger partial charge is 0.316 e. The molecule has 0 radical (unpaired) electrons. The van der Waals surface area contributed by atoms with E-state index in [9.17, 15) is 18.0 Å². The van der Waals surface area contributed by atoms with Gasteiger partial charge in [-0.3, -0.25) is 4.79 Å². The maximum Gasteiger partial charge on any atom is 0.416 e. The van der Waals surface area contributed by atoms with Crippen molar-refractivity contribution in [3.05, 3.63) is 35.4 Å². The summed E-state index contributed by atoms with van der Waals surface area (Å²) in [5, 5.41) is 3.22. The first-order valence-electron chi connectivity index (χ1n) is 7.27. The van der Waals surface area contributed by atoms with Gasteiger partial charge < -0.3 is 5.32 Å². The first-order chi connectivity index (χ1) is 9.87. The van der Waals surface area contributed by atoms with Crippen molar-refractivity contribution < 1.29 is 18.0 Å². The highest BCUT2D eigenvalue weighted by molar-refractivity contribution is 5.87. The molecule has 5 heteroatoms. The highest BCUT2D eigenvalue weighted by Crippen LogP contribution is 2.34. The Labute approximate surface area is 122 Å². The summed E-state index contributed by atoms with van der Waals surface area (Å²) in [4.78, 5) is 12.5. The lowest BCUT2D eigenvalue weighted by atomic mass is 9.76.